The number of methoxy groups -OCH3 is 1. The van der Waals surface area contributed by atoms with E-state index in [1.165, 1.54) is 0 Å². The van der Waals surface area contributed by atoms with Gasteiger partial charge in [0, 0.05) is 36.3 Å². The van der Waals surface area contributed by atoms with Crippen molar-refractivity contribution in [3.05, 3.63) is 45.2 Å². The first-order valence-corrected chi connectivity index (χ1v) is 7.00. The maximum absolute atomic E-state index is 6.20. The average Bonchev–Trinajstić information content (AvgIpc) is 2.66. The van der Waals surface area contributed by atoms with Gasteiger partial charge in [-0.25, -0.2) is 0 Å². The molecule has 1 N–H and O–H groups in total. The molecule has 108 valence electrons. The second-order valence-corrected chi connectivity index (χ2v) is 5.27. The Kier molecular flexibility index (Phi) is 4.91. The van der Waals surface area contributed by atoms with Gasteiger partial charge in [0.05, 0.1) is 12.8 Å². The molecule has 1 heterocycles. The molecule has 0 radical (unpaired) electrons. The number of ether oxygens (including phenoxy) is 1. The Morgan fingerprint density at radius 2 is 1.95 bits per heavy atom. The van der Waals surface area contributed by atoms with Crippen molar-refractivity contribution in [2.75, 3.05) is 7.11 Å². The Balaban J connectivity index is 2.07. The first-order chi connectivity index (χ1) is 9.54. The lowest BCUT2D eigenvalue weighted by Gasteiger charge is -2.11. The van der Waals surface area contributed by atoms with Gasteiger partial charge >= 0.3 is 0 Å². The van der Waals surface area contributed by atoms with Crippen LogP contribution in [0.3, 0.4) is 0 Å². The number of hydrogen-bond donors (Lipinski definition) is 1. The van der Waals surface area contributed by atoms with E-state index in [2.05, 4.69) is 10.4 Å². The van der Waals surface area contributed by atoms with E-state index >= 15 is 0 Å². The third-order valence-corrected chi connectivity index (χ3v) is 4.00. The third-order valence-electron chi connectivity index (χ3n) is 3.17. The molecule has 0 unspecified atom stereocenters. The largest absolute Gasteiger partial charge is 0.496 e. The van der Waals surface area contributed by atoms with Crippen LogP contribution in [-0.2, 0) is 20.1 Å². The SMILES string of the molecule is COc1cccc(Cl)c1CNCc1c(C)nn(C)c1Cl. The molecule has 0 saturated carbocycles. The van der Waals surface area contributed by atoms with E-state index in [0.717, 1.165) is 22.6 Å². The lowest BCUT2D eigenvalue weighted by Crippen LogP contribution is -2.14. The molecule has 0 saturated heterocycles. The average molecular weight is 314 g/mol. The molecule has 0 aliphatic carbocycles. The summed E-state index contributed by atoms with van der Waals surface area (Å²) < 4.78 is 6.98. The quantitative estimate of drug-likeness (QED) is 0.920. The number of aromatic nitrogens is 2. The minimum atomic E-state index is 0.605. The van der Waals surface area contributed by atoms with Crippen molar-refractivity contribution in [2.45, 2.75) is 20.0 Å². The highest BCUT2D eigenvalue weighted by Crippen LogP contribution is 2.26. The van der Waals surface area contributed by atoms with Crippen molar-refractivity contribution in [3.8, 4) is 5.75 Å². The Morgan fingerprint density at radius 3 is 2.55 bits per heavy atom. The van der Waals surface area contributed by atoms with Crippen LogP contribution in [0.15, 0.2) is 18.2 Å². The monoisotopic (exact) mass is 313 g/mol. The van der Waals surface area contributed by atoms with Crippen LogP contribution in [0.2, 0.25) is 10.2 Å². The molecular weight excluding hydrogens is 297 g/mol. The maximum Gasteiger partial charge on any atom is 0.131 e. The number of aryl methyl sites for hydroxylation is 2. The Labute approximate surface area is 128 Å². The van der Waals surface area contributed by atoms with Crippen molar-refractivity contribution in [1.82, 2.24) is 15.1 Å². The van der Waals surface area contributed by atoms with Gasteiger partial charge in [-0.1, -0.05) is 29.3 Å². The Hall–Kier alpha value is -1.23. The minimum Gasteiger partial charge on any atom is -0.496 e. The summed E-state index contributed by atoms with van der Waals surface area (Å²) in [6, 6.07) is 5.61. The first kappa shape index (κ1) is 15.2. The zero-order chi connectivity index (χ0) is 14.7. The highest BCUT2D eigenvalue weighted by Gasteiger charge is 2.12. The molecule has 0 fully saturated rings. The molecule has 2 aromatic rings. The van der Waals surface area contributed by atoms with Crippen molar-refractivity contribution in [3.63, 3.8) is 0 Å². The predicted molar refractivity (Wildman–Crippen MR) is 81.5 cm³/mol. The maximum atomic E-state index is 6.20. The molecule has 2 rings (SSSR count). The molecule has 0 aliphatic heterocycles. The number of rotatable bonds is 5. The van der Waals surface area contributed by atoms with Crippen LogP contribution in [0.4, 0.5) is 0 Å². The lowest BCUT2D eigenvalue weighted by atomic mass is 10.2. The van der Waals surface area contributed by atoms with Gasteiger partial charge in [-0.3, -0.25) is 4.68 Å². The molecular formula is C14H17Cl2N3O. The second kappa shape index (κ2) is 6.48. The molecule has 0 bridgehead atoms. The van der Waals surface area contributed by atoms with Gasteiger partial charge in [0.2, 0.25) is 0 Å². The van der Waals surface area contributed by atoms with Crippen LogP contribution >= 0.6 is 23.2 Å². The summed E-state index contributed by atoms with van der Waals surface area (Å²) in [6.07, 6.45) is 0. The molecule has 0 spiro atoms. The Bertz CT molecular complexity index is 611. The van der Waals surface area contributed by atoms with Gasteiger partial charge in [-0.2, -0.15) is 5.10 Å². The van der Waals surface area contributed by atoms with E-state index in [1.54, 1.807) is 11.8 Å². The number of hydrogen-bond acceptors (Lipinski definition) is 3. The summed E-state index contributed by atoms with van der Waals surface area (Å²) in [5.41, 5.74) is 2.87. The van der Waals surface area contributed by atoms with Crippen molar-refractivity contribution in [1.29, 1.82) is 0 Å². The van der Waals surface area contributed by atoms with Gasteiger partial charge in [0.1, 0.15) is 10.9 Å². The van der Waals surface area contributed by atoms with Crippen molar-refractivity contribution in [2.24, 2.45) is 7.05 Å². The normalized spacial score (nSPS) is 10.8. The van der Waals surface area contributed by atoms with E-state index in [0.29, 0.717) is 23.3 Å². The fourth-order valence-corrected chi connectivity index (χ4v) is 2.56. The van der Waals surface area contributed by atoms with Crippen molar-refractivity contribution < 1.29 is 4.74 Å². The second-order valence-electron chi connectivity index (χ2n) is 4.50. The summed E-state index contributed by atoms with van der Waals surface area (Å²) in [4.78, 5) is 0. The molecule has 0 aliphatic rings. The standard InChI is InChI=1S/C14H17Cl2N3O/c1-9-10(14(16)19(2)18-9)7-17-8-11-12(15)5-4-6-13(11)20-3/h4-6,17H,7-8H2,1-3H3. The van der Waals surface area contributed by atoms with E-state index in [9.17, 15) is 0 Å². The van der Waals surface area contributed by atoms with Gasteiger partial charge in [-0.15, -0.1) is 0 Å². The van der Waals surface area contributed by atoms with Crippen LogP contribution in [0.25, 0.3) is 0 Å². The van der Waals surface area contributed by atoms with Crippen LogP contribution in [0.1, 0.15) is 16.8 Å². The van der Waals surface area contributed by atoms with Crippen molar-refractivity contribution >= 4 is 23.2 Å². The van der Waals surface area contributed by atoms with E-state index < -0.39 is 0 Å². The van der Waals surface area contributed by atoms with E-state index in [-0.39, 0.29) is 0 Å². The van der Waals surface area contributed by atoms with Crippen LogP contribution in [-0.4, -0.2) is 16.9 Å². The molecule has 0 amide bonds. The highest BCUT2D eigenvalue weighted by atomic mass is 35.5. The zero-order valence-corrected chi connectivity index (χ0v) is 13.2. The van der Waals surface area contributed by atoms with Gasteiger partial charge in [-0.05, 0) is 19.1 Å². The summed E-state index contributed by atoms with van der Waals surface area (Å²) in [7, 11) is 3.47. The fraction of sp³-hybridized carbons (Fsp3) is 0.357. The minimum absolute atomic E-state index is 0.605. The molecule has 6 heteroatoms. The molecule has 1 aromatic carbocycles. The van der Waals surface area contributed by atoms with E-state index in [1.807, 2.05) is 32.2 Å². The number of nitrogens with one attached hydrogen (secondary N) is 1. The topological polar surface area (TPSA) is 39.1 Å². The lowest BCUT2D eigenvalue weighted by molar-refractivity contribution is 0.407. The van der Waals surface area contributed by atoms with Crippen LogP contribution in [0.5, 0.6) is 5.75 Å². The molecule has 4 nitrogen and oxygen atoms in total. The van der Waals surface area contributed by atoms with Crippen LogP contribution < -0.4 is 10.1 Å². The summed E-state index contributed by atoms with van der Waals surface area (Å²) in [6.45, 7) is 3.18. The molecule has 20 heavy (non-hydrogen) atoms. The third kappa shape index (κ3) is 3.08. The molecule has 1 aromatic heterocycles. The fourth-order valence-electron chi connectivity index (χ4n) is 2.09. The number of nitrogens with zero attached hydrogens (tertiary/aromatic N) is 2. The molecule has 0 atom stereocenters. The van der Waals surface area contributed by atoms with Gasteiger partial charge in [0.15, 0.2) is 0 Å². The predicted octanol–water partition coefficient (Wildman–Crippen LogP) is 3.33. The summed E-state index contributed by atoms with van der Waals surface area (Å²) in [5.74, 6) is 0.777. The van der Waals surface area contributed by atoms with Gasteiger partial charge < -0.3 is 10.1 Å². The first-order valence-electron chi connectivity index (χ1n) is 6.24. The zero-order valence-electron chi connectivity index (χ0n) is 11.7. The number of benzene rings is 1. The highest BCUT2D eigenvalue weighted by molar-refractivity contribution is 6.31. The number of halogens is 2. The summed E-state index contributed by atoms with van der Waals surface area (Å²) in [5, 5.41) is 8.95. The smallest absolute Gasteiger partial charge is 0.131 e. The van der Waals surface area contributed by atoms with Gasteiger partial charge in [0.25, 0.3) is 0 Å². The van der Waals surface area contributed by atoms with E-state index in [4.69, 9.17) is 27.9 Å². The summed E-state index contributed by atoms with van der Waals surface area (Å²) >= 11 is 12.4. The van der Waals surface area contributed by atoms with Crippen LogP contribution in [0, 0.1) is 6.92 Å². The Morgan fingerprint density at radius 1 is 1.25 bits per heavy atom.